The van der Waals surface area contributed by atoms with Gasteiger partial charge >= 0.3 is 0 Å². The van der Waals surface area contributed by atoms with Gasteiger partial charge in [0.05, 0.1) is 11.9 Å². The molecule has 21 heavy (non-hydrogen) atoms. The average molecular weight is 282 g/mol. The van der Waals surface area contributed by atoms with Crippen LogP contribution in [0.3, 0.4) is 0 Å². The molecule has 1 saturated heterocycles. The van der Waals surface area contributed by atoms with Gasteiger partial charge in [-0.2, -0.15) is 0 Å². The van der Waals surface area contributed by atoms with Gasteiger partial charge in [0.2, 0.25) is 0 Å². The molecule has 1 aliphatic heterocycles. The van der Waals surface area contributed by atoms with E-state index in [1.807, 2.05) is 31.6 Å². The zero-order chi connectivity index (χ0) is 14.5. The van der Waals surface area contributed by atoms with Gasteiger partial charge in [0.15, 0.2) is 0 Å². The van der Waals surface area contributed by atoms with Gasteiger partial charge in [0, 0.05) is 43.8 Å². The molecule has 110 valence electrons. The second-order valence-corrected chi connectivity index (χ2v) is 5.68. The maximum absolute atomic E-state index is 4.24. The molecule has 1 aliphatic rings. The molecule has 1 N–H and O–H groups in total. The fourth-order valence-corrected chi connectivity index (χ4v) is 2.90. The summed E-state index contributed by atoms with van der Waals surface area (Å²) in [6.07, 6.45) is 8.13. The summed E-state index contributed by atoms with van der Waals surface area (Å²) < 4.78 is 0. The fourth-order valence-electron chi connectivity index (χ4n) is 2.90. The molecular formula is C17H22N4. The summed E-state index contributed by atoms with van der Waals surface area (Å²) in [5.74, 6) is 0. The van der Waals surface area contributed by atoms with Crippen LogP contribution in [-0.4, -0.2) is 29.1 Å². The van der Waals surface area contributed by atoms with Gasteiger partial charge in [0.25, 0.3) is 0 Å². The monoisotopic (exact) mass is 282 g/mol. The van der Waals surface area contributed by atoms with E-state index in [-0.39, 0.29) is 0 Å². The van der Waals surface area contributed by atoms with Crippen LogP contribution < -0.4 is 10.2 Å². The third-order valence-electron chi connectivity index (χ3n) is 3.99. The highest BCUT2D eigenvalue weighted by molar-refractivity contribution is 5.44. The standard InChI is InChI=1S/C17H22N4/c1-14-10-15(6-8-19-14)11-20-16-4-3-9-21(13-16)17-5-2-7-18-12-17/h2,5-8,10,12,16,20H,3-4,9,11,13H2,1H3. The van der Waals surface area contributed by atoms with E-state index in [1.165, 1.54) is 24.1 Å². The quantitative estimate of drug-likeness (QED) is 0.935. The van der Waals surface area contributed by atoms with E-state index in [1.54, 1.807) is 0 Å². The maximum atomic E-state index is 4.24. The summed E-state index contributed by atoms with van der Waals surface area (Å²) in [5.41, 5.74) is 3.61. The van der Waals surface area contributed by atoms with E-state index < -0.39 is 0 Å². The fraction of sp³-hybridized carbons (Fsp3) is 0.412. The zero-order valence-corrected chi connectivity index (χ0v) is 12.5. The van der Waals surface area contributed by atoms with Crippen molar-refractivity contribution in [3.8, 4) is 0 Å². The molecule has 1 fully saturated rings. The highest BCUT2D eigenvalue weighted by atomic mass is 15.2. The molecule has 0 amide bonds. The molecule has 0 spiro atoms. The topological polar surface area (TPSA) is 41.0 Å². The first-order valence-electron chi connectivity index (χ1n) is 7.61. The number of nitrogens with zero attached hydrogens (tertiary/aromatic N) is 3. The second-order valence-electron chi connectivity index (χ2n) is 5.68. The Morgan fingerprint density at radius 3 is 3.10 bits per heavy atom. The van der Waals surface area contributed by atoms with E-state index in [0.717, 1.165) is 25.3 Å². The lowest BCUT2D eigenvalue weighted by atomic mass is 10.0. The summed E-state index contributed by atoms with van der Waals surface area (Å²) in [5, 5.41) is 3.67. The summed E-state index contributed by atoms with van der Waals surface area (Å²) >= 11 is 0. The second kappa shape index (κ2) is 6.68. The van der Waals surface area contributed by atoms with Crippen molar-refractivity contribution < 1.29 is 0 Å². The normalized spacial score (nSPS) is 18.7. The first-order valence-corrected chi connectivity index (χ1v) is 7.61. The molecule has 1 atom stereocenters. The SMILES string of the molecule is Cc1cc(CNC2CCCN(c3cccnc3)C2)ccn1. The van der Waals surface area contributed by atoms with Gasteiger partial charge in [-0.25, -0.2) is 0 Å². The van der Waals surface area contributed by atoms with Crippen LogP contribution in [0.15, 0.2) is 42.9 Å². The van der Waals surface area contributed by atoms with Gasteiger partial charge in [-0.1, -0.05) is 0 Å². The highest BCUT2D eigenvalue weighted by Gasteiger charge is 2.19. The number of nitrogens with one attached hydrogen (secondary N) is 1. The van der Waals surface area contributed by atoms with E-state index in [4.69, 9.17) is 0 Å². The average Bonchev–Trinajstić information content (AvgIpc) is 2.54. The van der Waals surface area contributed by atoms with Crippen molar-refractivity contribution in [2.45, 2.75) is 32.4 Å². The molecule has 4 heteroatoms. The molecule has 0 aliphatic carbocycles. The number of pyridine rings is 2. The Bertz CT molecular complexity index is 570. The van der Waals surface area contributed by atoms with Crippen molar-refractivity contribution in [2.24, 2.45) is 0 Å². The van der Waals surface area contributed by atoms with Crippen LogP contribution >= 0.6 is 0 Å². The molecule has 2 aromatic heterocycles. The third kappa shape index (κ3) is 3.79. The lowest BCUT2D eigenvalue weighted by Crippen LogP contribution is -2.45. The molecule has 3 heterocycles. The van der Waals surface area contributed by atoms with Crippen LogP contribution in [0, 0.1) is 6.92 Å². The maximum Gasteiger partial charge on any atom is 0.0553 e. The molecule has 2 aromatic rings. The van der Waals surface area contributed by atoms with Crippen molar-refractivity contribution in [3.05, 3.63) is 54.1 Å². The Morgan fingerprint density at radius 2 is 2.29 bits per heavy atom. The first kappa shape index (κ1) is 14.0. The van der Waals surface area contributed by atoms with Crippen LogP contribution in [0.4, 0.5) is 5.69 Å². The van der Waals surface area contributed by atoms with E-state index in [2.05, 4.69) is 38.4 Å². The minimum absolute atomic E-state index is 0.535. The Morgan fingerprint density at radius 1 is 1.33 bits per heavy atom. The van der Waals surface area contributed by atoms with Crippen molar-refractivity contribution in [2.75, 3.05) is 18.0 Å². The third-order valence-corrected chi connectivity index (χ3v) is 3.99. The number of aryl methyl sites for hydroxylation is 1. The van der Waals surface area contributed by atoms with Crippen LogP contribution in [0.5, 0.6) is 0 Å². The Kier molecular flexibility index (Phi) is 4.46. The lowest BCUT2D eigenvalue weighted by molar-refractivity contribution is 0.421. The molecule has 3 rings (SSSR count). The number of hydrogen-bond donors (Lipinski definition) is 1. The van der Waals surface area contributed by atoms with E-state index >= 15 is 0 Å². The molecule has 0 radical (unpaired) electrons. The summed E-state index contributed by atoms with van der Waals surface area (Å²) in [6.45, 7) is 5.12. The van der Waals surface area contributed by atoms with Gasteiger partial charge in [0.1, 0.15) is 0 Å². The van der Waals surface area contributed by atoms with E-state index in [9.17, 15) is 0 Å². The van der Waals surface area contributed by atoms with Crippen molar-refractivity contribution in [1.29, 1.82) is 0 Å². The molecule has 0 aromatic carbocycles. The molecule has 1 unspecified atom stereocenters. The first-order chi connectivity index (χ1) is 10.3. The van der Waals surface area contributed by atoms with Crippen LogP contribution in [0.25, 0.3) is 0 Å². The zero-order valence-electron chi connectivity index (χ0n) is 12.5. The highest BCUT2D eigenvalue weighted by Crippen LogP contribution is 2.18. The largest absolute Gasteiger partial charge is 0.369 e. The number of piperidine rings is 1. The van der Waals surface area contributed by atoms with Crippen molar-refractivity contribution >= 4 is 5.69 Å². The van der Waals surface area contributed by atoms with Crippen LogP contribution in [0.1, 0.15) is 24.1 Å². The van der Waals surface area contributed by atoms with Gasteiger partial charge in [-0.15, -0.1) is 0 Å². The summed E-state index contributed by atoms with van der Waals surface area (Å²) in [6, 6.07) is 8.91. The predicted molar refractivity (Wildman–Crippen MR) is 85.3 cm³/mol. The minimum atomic E-state index is 0.535. The molecule has 0 saturated carbocycles. The summed E-state index contributed by atoms with van der Waals surface area (Å²) in [4.78, 5) is 10.9. The minimum Gasteiger partial charge on any atom is -0.369 e. The Labute approximate surface area is 126 Å². The van der Waals surface area contributed by atoms with Gasteiger partial charge in [-0.3, -0.25) is 9.97 Å². The van der Waals surface area contributed by atoms with E-state index in [0.29, 0.717) is 6.04 Å². The van der Waals surface area contributed by atoms with Gasteiger partial charge < -0.3 is 10.2 Å². The number of anilines is 1. The number of rotatable bonds is 4. The number of hydrogen-bond acceptors (Lipinski definition) is 4. The summed E-state index contributed by atoms with van der Waals surface area (Å²) in [7, 11) is 0. The molecule has 4 nitrogen and oxygen atoms in total. The van der Waals surface area contributed by atoms with Crippen LogP contribution in [0.2, 0.25) is 0 Å². The molecular weight excluding hydrogens is 260 g/mol. The lowest BCUT2D eigenvalue weighted by Gasteiger charge is -2.34. The van der Waals surface area contributed by atoms with Crippen molar-refractivity contribution in [1.82, 2.24) is 15.3 Å². The Hall–Kier alpha value is -1.94. The molecule has 0 bridgehead atoms. The Balaban J connectivity index is 1.57. The van der Waals surface area contributed by atoms with Gasteiger partial charge in [-0.05, 0) is 49.6 Å². The predicted octanol–water partition coefficient (Wildman–Crippen LogP) is 2.54. The van der Waals surface area contributed by atoms with Crippen molar-refractivity contribution in [3.63, 3.8) is 0 Å². The van der Waals surface area contributed by atoms with Crippen LogP contribution in [-0.2, 0) is 6.54 Å². The number of aromatic nitrogens is 2. The smallest absolute Gasteiger partial charge is 0.0553 e.